The number of rotatable bonds is 8. The molecule has 0 saturated carbocycles. The molecule has 18 heavy (non-hydrogen) atoms. The Bertz CT molecular complexity index is 303. The van der Waals surface area contributed by atoms with Gasteiger partial charge in [0.2, 0.25) is 0 Å². The van der Waals surface area contributed by atoms with E-state index in [1.165, 1.54) is 24.8 Å². The standard InChI is InChI=1S/C17H29N/c1-5-14(6-2)17(18-8-4)16(7-3)15-12-10-9-11-13-15/h9-14,16-18H,5-8H2,1-4H3. The van der Waals surface area contributed by atoms with Crippen molar-refractivity contribution in [1.82, 2.24) is 5.32 Å². The van der Waals surface area contributed by atoms with Crippen LogP contribution in [0.25, 0.3) is 0 Å². The predicted octanol–water partition coefficient (Wildman–Crippen LogP) is 4.59. The number of hydrogen-bond donors (Lipinski definition) is 1. The maximum Gasteiger partial charge on any atom is 0.0164 e. The first-order valence-electron chi connectivity index (χ1n) is 7.56. The van der Waals surface area contributed by atoms with Crippen LogP contribution in [0.2, 0.25) is 0 Å². The highest BCUT2D eigenvalue weighted by atomic mass is 14.9. The fourth-order valence-electron chi connectivity index (χ4n) is 3.07. The summed E-state index contributed by atoms with van der Waals surface area (Å²) in [4.78, 5) is 0. The minimum absolute atomic E-state index is 0.609. The van der Waals surface area contributed by atoms with Crippen LogP contribution >= 0.6 is 0 Å². The lowest BCUT2D eigenvalue weighted by atomic mass is 9.79. The van der Waals surface area contributed by atoms with Gasteiger partial charge < -0.3 is 5.32 Å². The third-order valence-electron chi connectivity index (χ3n) is 4.10. The van der Waals surface area contributed by atoms with Gasteiger partial charge in [0, 0.05) is 6.04 Å². The van der Waals surface area contributed by atoms with Crippen LogP contribution in [-0.2, 0) is 0 Å². The van der Waals surface area contributed by atoms with Gasteiger partial charge in [-0.15, -0.1) is 0 Å². The largest absolute Gasteiger partial charge is 0.313 e. The first kappa shape index (κ1) is 15.2. The van der Waals surface area contributed by atoms with E-state index >= 15 is 0 Å². The Kier molecular flexibility index (Phi) is 7.04. The Morgan fingerprint density at radius 1 is 0.889 bits per heavy atom. The Labute approximate surface area is 113 Å². The number of benzene rings is 1. The molecule has 1 nitrogen and oxygen atoms in total. The summed E-state index contributed by atoms with van der Waals surface area (Å²) in [5.41, 5.74) is 1.48. The molecule has 0 aromatic heterocycles. The molecule has 102 valence electrons. The highest BCUT2D eigenvalue weighted by Gasteiger charge is 2.26. The van der Waals surface area contributed by atoms with E-state index < -0.39 is 0 Å². The zero-order valence-electron chi connectivity index (χ0n) is 12.4. The molecule has 2 unspecified atom stereocenters. The Hall–Kier alpha value is -0.820. The van der Waals surface area contributed by atoms with Crippen LogP contribution < -0.4 is 5.32 Å². The number of likely N-dealkylation sites (N-methyl/N-ethyl adjacent to an activating group) is 1. The monoisotopic (exact) mass is 247 g/mol. The molecule has 0 saturated heterocycles. The molecule has 2 atom stereocenters. The normalized spacial score (nSPS) is 14.7. The first-order valence-corrected chi connectivity index (χ1v) is 7.56. The Morgan fingerprint density at radius 2 is 1.50 bits per heavy atom. The van der Waals surface area contributed by atoms with Gasteiger partial charge in [-0.2, -0.15) is 0 Å². The number of hydrogen-bond acceptors (Lipinski definition) is 1. The summed E-state index contributed by atoms with van der Waals surface area (Å²) < 4.78 is 0. The van der Waals surface area contributed by atoms with Crippen LogP contribution in [0.15, 0.2) is 30.3 Å². The second-order valence-corrected chi connectivity index (χ2v) is 5.09. The van der Waals surface area contributed by atoms with Gasteiger partial charge in [-0.05, 0) is 30.4 Å². The third kappa shape index (κ3) is 3.84. The highest BCUT2D eigenvalue weighted by molar-refractivity contribution is 5.21. The fraction of sp³-hybridized carbons (Fsp3) is 0.647. The molecule has 0 amide bonds. The smallest absolute Gasteiger partial charge is 0.0164 e. The van der Waals surface area contributed by atoms with E-state index in [1.54, 1.807) is 0 Å². The Morgan fingerprint density at radius 3 is 1.94 bits per heavy atom. The van der Waals surface area contributed by atoms with Gasteiger partial charge in [0.1, 0.15) is 0 Å². The molecule has 1 aromatic carbocycles. The van der Waals surface area contributed by atoms with E-state index in [0.29, 0.717) is 12.0 Å². The van der Waals surface area contributed by atoms with Crippen molar-refractivity contribution in [3.63, 3.8) is 0 Å². The lowest BCUT2D eigenvalue weighted by molar-refractivity contribution is 0.289. The molecule has 1 N–H and O–H groups in total. The minimum Gasteiger partial charge on any atom is -0.313 e. The fourth-order valence-corrected chi connectivity index (χ4v) is 3.07. The van der Waals surface area contributed by atoms with Crippen molar-refractivity contribution in [3.8, 4) is 0 Å². The molecule has 0 radical (unpaired) electrons. The topological polar surface area (TPSA) is 12.0 Å². The van der Waals surface area contributed by atoms with Crippen molar-refractivity contribution < 1.29 is 0 Å². The summed E-state index contributed by atoms with van der Waals surface area (Å²) in [6, 6.07) is 11.6. The molecule has 0 fully saturated rings. The summed E-state index contributed by atoms with van der Waals surface area (Å²) in [5, 5.41) is 3.73. The van der Waals surface area contributed by atoms with Crippen LogP contribution in [0.5, 0.6) is 0 Å². The summed E-state index contributed by atoms with van der Waals surface area (Å²) >= 11 is 0. The van der Waals surface area contributed by atoms with Crippen LogP contribution in [0, 0.1) is 5.92 Å². The molecule has 1 heteroatoms. The molecular weight excluding hydrogens is 218 g/mol. The van der Waals surface area contributed by atoms with Gasteiger partial charge in [0.25, 0.3) is 0 Å². The molecule has 0 bridgehead atoms. The van der Waals surface area contributed by atoms with Gasteiger partial charge in [0.15, 0.2) is 0 Å². The molecular formula is C17H29N. The van der Waals surface area contributed by atoms with Gasteiger partial charge in [-0.3, -0.25) is 0 Å². The van der Waals surface area contributed by atoms with Crippen LogP contribution in [0.1, 0.15) is 58.4 Å². The lowest BCUT2D eigenvalue weighted by Crippen LogP contribution is -2.40. The zero-order valence-corrected chi connectivity index (χ0v) is 12.4. The number of nitrogens with one attached hydrogen (secondary N) is 1. The first-order chi connectivity index (χ1) is 8.78. The maximum atomic E-state index is 3.73. The van der Waals surface area contributed by atoms with Crippen molar-refractivity contribution in [3.05, 3.63) is 35.9 Å². The Balaban J connectivity index is 2.93. The molecule has 1 rings (SSSR count). The van der Waals surface area contributed by atoms with Crippen molar-refractivity contribution in [1.29, 1.82) is 0 Å². The molecule has 0 heterocycles. The van der Waals surface area contributed by atoms with Crippen molar-refractivity contribution in [2.45, 2.75) is 58.9 Å². The molecule has 0 spiro atoms. The summed E-state index contributed by atoms with van der Waals surface area (Å²) in [5.74, 6) is 1.41. The highest BCUT2D eigenvalue weighted by Crippen LogP contribution is 2.30. The van der Waals surface area contributed by atoms with E-state index in [2.05, 4.69) is 63.3 Å². The second-order valence-electron chi connectivity index (χ2n) is 5.09. The van der Waals surface area contributed by atoms with E-state index in [4.69, 9.17) is 0 Å². The second kappa shape index (κ2) is 8.31. The van der Waals surface area contributed by atoms with Crippen LogP contribution in [-0.4, -0.2) is 12.6 Å². The SMILES string of the molecule is CCNC(C(CC)CC)C(CC)c1ccccc1. The molecule has 0 aliphatic carbocycles. The van der Waals surface area contributed by atoms with E-state index in [9.17, 15) is 0 Å². The summed E-state index contributed by atoms with van der Waals surface area (Å²) in [6.07, 6.45) is 3.73. The van der Waals surface area contributed by atoms with E-state index in [1.807, 2.05) is 0 Å². The maximum absolute atomic E-state index is 3.73. The van der Waals surface area contributed by atoms with Gasteiger partial charge >= 0.3 is 0 Å². The zero-order chi connectivity index (χ0) is 13.4. The van der Waals surface area contributed by atoms with Crippen molar-refractivity contribution in [2.24, 2.45) is 5.92 Å². The van der Waals surface area contributed by atoms with Gasteiger partial charge in [-0.1, -0.05) is 70.9 Å². The van der Waals surface area contributed by atoms with Gasteiger partial charge in [0.05, 0.1) is 0 Å². The molecule has 0 aliphatic heterocycles. The average Bonchev–Trinajstić information content (AvgIpc) is 2.42. The predicted molar refractivity (Wildman–Crippen MR) is 81.0 cm³/mol. The van der Waals surface area contributed by atoms with E-state index in [-0.39, 0.29) is 0 Å². The molecule has 0 aliphatic rings. The summed E-state index contributed by atoms with van der Waals surface area (Å²) in [7, 11) is 0. The lowest BCUT2D eigenvalue weighted by Gasteiger charge is -2.33. The minimum atomic E-state index is 0.609. The van der Waals surface area contributed by atoms with Crippen LogP contribution in [0.4, 0.5) is 0 Å². The third-order valence-corrected chi connectivity index (χ3v) is 4.10. The molecule has 1 aromatic rings. The van der Waals surface area contributed by atoms with Crippen molar-refractivity contribution in [2.75, 3.05) is 6.54 Å². The van der Waals surface area contributed by atoms with Gasteiger partial charge in [-0.25, -0.2) is 0 Å². The average molecular weight is 247 g/mol. The van der Waals surface area contributed by atoms with Crippen LogP contribution in [0.3, 0.4) is 0 Å². The van der Waals surface area contributed by atoms with Crippen molar-refractivity contribution >= 4 is 0 Å². The quantitative estimate of drug-likeness (QED) is 0.708. The van der Waals surface area contributed by atoms with E-state index in [0.717, 1.165) is 12.5 Å². The summed E-state index contributed by atoms with van der Waals surface area (Å²) in [6.45, 7) is 10.2.